The lowest BCUT2D eigenvalue weighted by atomic mass is 10.2. The highest BCUT2D eigenvalue weighted by Gasteiger charge is 2.18. The van der Waals surface area contributed by atoms with Gasteiger partial charge in [0, 0.05) is 6.54 Å². The normalized spacial score (nSPS) is 11.9. The average molecular weight is 438 g/mol. The monoisotopic (exact) mass is 437 g/mol. The van der Waals surface area contributed by atoms with E-state index in [1.165, 1.54) is 16.9 Å². The highest BCUT2D eigenvalue weighted by Crippen LogP contribution is 2.31. The van der Waals surface area contributed by atoms with Gasteiger partial charge < -0.3 is 15.2 Å². The van der Waals surface area contributed by atoms with E-state index in [9.17, 15) is 14.3 Å². The summed E-state index contributed by atoms with van der Waals surface area (Å²) in [6.07, 6.45) is 0.377. The van der Waals surface area contributed by atoms with Crippen molar-refractivity contribution in [3.8, 4) is 11.4 Å². The van der Waals surface area contributed by atoms with Crippen LogP contribution in [0.25, 0.3) is 5.69 Å². The lowest BCUT2D eigenvalue weighted by molar-refractivity contribution is 0.0843. The summed E-state index contributed by atoms with van der Waals surface area (Å²) in [5.74, 6) is -0.547. The molecule has 1 atom stereocenters. The molecule has 0 fully saturated rings. The maximum atomic E-state index is 14.0. The third-order valence-electron chi connectivity index (χ3n) is 4.18. The zero-order chi connectivity index (χ0) is 21.0. The van der Waals surface area contributed by atoms with E-state index >= 15 is 0 Å². The van der Waals surface area contributed by atoms with Crippen LogP contribution in [0.1, 0.15) is 16.1 Å². The lowest BCUT2D eigenvalue weighted by Crippen LogP contribution is -2.35. The van der Waals surface area contributed by atoms with Gasteiger partial charge in [0.05, 0.1) is 22.5 Å². The van der Waals surface area contributed by atoms with E-state index in [1.54, 1.807) is 43.3 Å². The molecule has 0 saturated carbocycles. The minimum absolute atomic E-state index is 0.0542. The fourth-order valence-corrected chi connectivity index (χ4v) is 2.99. The van der Waals surface area contributed by atoms with Gasteiger partial charge in [0.2, 0.25) is 0 Å². The van der Waals surface area contributed by atoms with Gasteiger partial charge in [-0.15, -0.1) is 0 Å². The average Bonchev–Trinajstić information content (AvgIpc) is 3.09. The number of nitrogens with one attached hydrogen (secondary N) is 1. The molecule has 3 aromatic rings. The first-order valence-electron chi connectivity index (χ1n) is 8.71. The van der Waals surface area contributed by atoms with Crippen LogP contribution in [0.3, 0.4) is 0 Å². The summed E-state index contributed by atoms with van der Waals surface area (Å²) in [6, 6.07) is 11.1. The number of amides is 1. The Morgan fingerprint density at radius 3 is 2.79 bits per heavy atom. The van der Waals surface area contributed by atoms with E-state index in [1.807, 2.05) is 0 Å². The van der Waals surface area contributed by atoms with Gasteiger partial charge >= 0.3 is 0 Å². The zero-order valence-corrected chi connectivity index (χ0v) is 16.9. The third-order valence-corrected chi connectivity index (χ3v) is 4.98. The number of rotatable bonds is 7. The van der Waals surface area contributed by atoms with Gasteiger partial charge in [-0.2, -0.15) is 5.10 Å². The summed E-state index contributed by atoms with van der Waals surface area (Å²) >= 11 is 11.9. The van der Waals surface area contributed by atoms with Crippen molar-refractivity contribution in [1.29, 1.82) is 0 Å². The molecule has 2 aromatic carbocycles. The van der Waals surface area contributed by atoms with Crippen LogP contribution < -0.4 is 10.1 Å². The van der Waals surface area contributed by atoms with E-state index in [2.05, 4.69) is 10.4 Å². The minimum Gasteiger partial charge on any atom is -0.489 e. The topological polar surface area (TPSA) is 76.4 Å². The van der Waals surface area contributed by atoms with Gasteiger partial charge in [0.1, 0.15) is 35.0 Å². The Labute approximate surface area is 176 Å². The number of carbonyl (C=O) groups is 1. The molecule has 152 valence electrons. The molecule has 0 radical (unpaired) electrons. The summed E-state index contributed by atoms with van der Waals surface area (Å²) in [7, 11) is 0. The van der Waals surface area contributed by atoms with Crippen molar-refractivity contribution in [2.24, 2.45) is 0 Å². The first-order valence-corrected chi connectivity index (χ1v) is 9.46. The van der Waals surface area contributed by atoms with Crippen molar-refractivity contribution in [2.75, 3.05) is 13.2 Å². The molecule has 1 heterocycles. The van der Waals surface area contributed by atoms with E-state index in [0.29, 0.717) is 16.5 Å². The molecule has 1 amide bonds. The first kappa shape index (κ1) is 21.1. The minimum atomic E-state index is -0.976. The maximum absolute atomic E-state index is 14.0. The quantitative estimate of drug-likeness (QED) is 0.589. The molecule has 0 spiro atoms. The Morgan fingerprint density at radius 1 is 1.28 bits per heavy atom. The predicted octanol–water partition coefficient (Wildman–Crippen LogP) is 3.80. The van der Waals surface area contributed by atoms with Crippen molar-refractivity contribution in [2.45, 2.75) is 13.0 Å². The second kappa shape index (κ2) is 9.26. The fourth-order valence-electron chi connectivity index (χ4n) is 2.65. The zero-order valence-electron chi connectivity index (χ0n) is 15.4. The number of benzene rings is 2. The van der Waals surface area contributed by atoms with Crippen LogP contribution in [0.2, 0.25) is 10.0 Å². The van der Waals surface area contributed by atoms with E-state index in [-0.39, 0.29) is 29.4 Å². The number of aromatic nitrogens is 2. The molecule has 1 unspecified atom stereocenters. The van der Waals surface area contributed by atoms with Crippen LogP contribution >= 0.6 is 23.2 Å². The summed E-state index contributed by atoms with van der Waals surface area (Å²) < 4.78 is 20.8. The van der Waals surface area contributed by atoms with Crippen LogP contribution in [0.5, 0.6) is 5.75 Å². The van der Waals surface area contributed by atoms with E-state index in [4.69, 9.17) is 27.9 Å². The molecule has 0 aliphatic rings. The summed E-state index contributed by atoms with van der Waals surface area (Å²) in [5.41, 5.74) is 0.999. The summed E-state index contributed by atoms with van der Waals surface area (Å²) in [6.45, 7) is 1.52. The van der Waals surface area contributed by atoms with Gasteiger partial charge in [0.15, 0.2) is 0 Å². The van der Waals surface area contributed by atoms with Crippen LogP contribution in [-0.2, 0) is 0 Å². The van der Waals surface area contributed by atoms with Gasteiger partial charge in [-0.1, -0.05) is 41.4 Å². The predicted molar refractivity (Wildman–Crippen MR) is 109 cm³/mol. The number of para-hydroxylation sites is 1. The number of hydrogen-bond acceptors (Lipinski definition) is 4. The van der Waals surface area contributed by atoms with Crippen molar-refractivity contribution in [3.63, 3.8) is 0 Å². The Balaban J connectivity index is 1.58. The maximum Gasteiger partial charge on any atom is 0.254 e. The highest BCUT2D eigenvalue weighted by molar-refractivity contribution is 6.42. The summed E-state index contributed by atoms with van der Waals surface area (Å²) in [4.78, 5) is 12.4. The van der Waals surface area contributed by atoms with E-state index in [0.717, 1.165) is 0 Å². The number of aliphatic hydroxyl groups excluding tert-OH is 1. The van der Waals surface area contributed by atoms with Crippen molar-refractivity contribution < 1.29 is 19.0 Å². The number of nitrogens with zero attached hydrogens (tertiary/aromatic N) is 2. The molecule has 0 aliphatic heterocycles. The molecule has 2 N–H and O–H groups in total. The molecule has 6 nitrogen and oxygen atoms in total. The van der Waals surface area contributed by atoms with Crippen LogP contribution in [0, 0.1) is 12.7 Å². The lowest BCUT2D eigenvalue weighted by Gasteiger charge is -2.14. The fraction of sp³-hybridized carbons (Fsp3) is 0.200. The molecule has 0 saturated heterocycles. The smallest absolute Gasteiger partial charge is 0.254 e. The van der Waals surface area contributed by atoms with Crippen molar-refractivity contribution in [3.05, 3.63) is 75.8 Å². The van der Waals surface area contributed by atoms with Crippen LogP contribution in [0.15, 0.2) is 48.7 Å². The molecule has 0 aliphatic carbocycles. The van der Waals surface area contributed by atoms with Crippen LogP contribution in [-0.4, -0.2) is 40.0 Å². The Morgan fingerprint density at radius 2 is 2.03 bits per heavy atom. The number of ether oxygens (including phenoxy) is 1. The number of carbonyl (C=O) groups excluding carboxylic acids is 1. The van der Waals surface area contributed by atoms with Gasteiger partial charge in [-0.05, 0) is 31.2 Å². The Kier molecular flexibility index (Phi) is 6.74. The van der Waals surface area contributed by atoms with Crippen molar-refractivity contribution >= 4 is 29.1 Å². The Hall–Kier alpha value is -2.61. The third kappa shape index (κ3) is 4.87. The molecule has 0 bridgehead atoms. The second-order valence-electron chi connectivity index (χ2n) is 6.23. The SMILES string of the molecule is Cc1c(C(=O)NCC(O)COc2cccc(Cl)c2Cl)cnn1-c1ccccc1F. The van der Waals surface area contributed by atoms with Crippen LogP contribution in [0.4, 0.5) is 4.39 Å². The van der Waals surface area contributed by atoms with Gasteiger partial charge in [0.25, 0.3) is 5.91 Å². The standard InChI is InChI=1S/C20H18Cl2FN3O3/c1-12-14(10-25-26(12)17-7-3-2-6-16(17)23)20(28)24-9-13(27)11-29-18-8-4-5-15(21)19(18)22/h2-8,10,13,27H,9,11H2,1H3,(H,24,28). The van der Waals surface area contributed by atoms with Crippen molar-refractivity contribution in [1.82, 2.24) is 15.1 Å². The first-order chi connectivity index (χ1) is 13.9. The van der Waals surface area contributed by atoms with Gasteiger partial charge in [-0.3, -0.25) is 4.79 Å². The summed E-state index contributed by atoms with van der Waals surface area (Å²) in [5, 5.41) is 17.4. The largest absolute Gasteiger partial charge is 0.489 e. The molecule has 3 rings (SSSR count). The highest BCUT2D eigenvalue weighted by atomic mass is 35.5. The molecule has 29 heavy (non-hydrogen) atoms. The number of halogens is 3. The second-order valence-corrected chi connectivity index (χ2v) is 7.02. The molecular weight excluding hydrogens is 420 g/mol. The number of hydrogen-bond donors (Lipinski definition) is 2. The number of aliphatic hydroxyl groups is 1. The Bertz CT molecular complexity index is 1030. The molecule has 9 heteroatoms. The molecule has 1 aromatic heterocycles. The van der Waals surface area contributed by atoms with E-state index < -0.39 is 17.8 Å². The molecular formula is C20H18Cl2FN3O3. The van der Waals surface area contributed by atoms with Gasteiger partial charge in [-0.25, -0.2) is 9.07 Å².